The number of aromatic nitrogens is 2. The lowest BCUT2D eigenvalue weighted by molar-refractivity contribution is -0.129. The van der Waals surface area contributed by atoms with Gasteiger partial charge in [0.2, 0.25) is 15.9 Å². The molecule has 8 nitrogen and oxygen atoms in total. The zero-order valence-corrected chi connectivity index (χ0v) is 18.2. The first-order chi connectivity index (χ1) is 14.4. The maximum absolute atomic E-state index is 13.4. The third kappa shape index (κ3) is 3.79. The fourth-order valence-electron chi connectivity index (χ4n) is 4.25. The number of amides is 1. The molecule has 160 valence electrons. The van der Waals surface area contributed by atoms with E-state index in [0.29, 0.717) is 38.3 Å². The number of carbonyl (C=O) groups excluding carboxylic acids is 1. The third-order valence-corrected chi connectivity index (χ3v) is 7.79. The van der Waals surface area contributed by atoms with Crippen LogP contribution in [0, 0.1) is 0 Å². The number of carbonyl (C=O) groups is 1. The summed E-state index contributed by atoms with van der Waals surface area (Å²) in [6, 6.07) is 8.10. The first-order valence-corrected chi connectivity index (χ1v) is 11.8. The van der Waals surface area contributed by atoms with Gasteiger partial charge in [0.25, 0.3) is 0 Å². The van der Waals surface area contributed by atoms with Gasteiger partial charge in [-0.15, -0.1) is 0 Å². The van der Waals surface area contributed by atoms with E-state index in [1.807, 2.05) is 7.05 Å². The first kappa shape index (κ1) is 20.7. The quantitative estimate of drug-likeness (QED) is 0.802. The van der Waals surface area contributed by atoms with Gasteiger partial charge in [-0.2, -0.15) is 4.31 Å². The molecule has 30 heavy (non-hydrogen) atoms. The second kappa shape index (κ2) is 8.31. The van der Waals surface area contributed by atoms with Crippen molar-refractivity contribution < 1.29 is 13.2 Å². The van der Waals surface area contributed by atoms with Gasteiger partial charge in [0.1, 0.15) is 11.6 Å². The van der Waals surface area contributed by atoms with Gasteiger partial charge in [-0.25, -0.2) is 18.4 Å². The summed E-state index contributed by atoms with van der Waals surface area (Å²) in [5.41, 5.74) is 1.81. The number of benzene rings is 1. The van der Waals surface area contributed by atoms with Crippen LogP contribution in [-0.4, -0.2) is 53.6 Å². The van der Waals surface area contributed by atoms with Crippen LogP contribution in [0.15, 0.2) is 35.2 Å². The molecule has 2 aliphatic heterocycles. The third-order valence-electron chi connectivity index (χ3n) is 5.87. The molecule has 9 heteroatoms. The van der Waals surface area contributed by atoms with Crippen LogP contribution in [0.4, 0.5) is 5.82 Å². The molecule has 0 radical (unpaired) electrons. The Morgan fingerprint density at radius 3 is 2.60 bits per heavy atom. The van der Waals surface area contributed by atoms with Crippen LogP contribution in [0.1, 0.15) is 49.3 Å². The summed E-state index contributed by atoms with van der Waals surface area (Å²) >= 11 is 0. The molecule has 0 saturated carbocycles. The Balaban J connectivity index is 1.74. The van der Waals surface area contributed by atoms with Crippen molar-refractivity contribution >= 4 is 21.7 Å². The molecule has 2 aliphatic rings. The zero-order valence-electron chi connectivity index (χ0n) is 17.3. The topological polar surface area (TPSA) is 95.5 Å². The van der Waals surface area contributed by atoms with E-state index >= 15 is 0 Å². The van der Waals surface area contributed by atoms with E-state index in [9.17, 15) is 13.2 Å². The number of piperidine rings is 1. The lowest BCUT2D eigenvalue weighted by Gasteiger charge is -2.35. The van der Waals surface area contributed by atoms with Crippen molar-refractivity contribution in [1.82, 2.24) is 19.2 Å². The highest BCUT2D eigenvalue weighted by atomic mass is 32.2. The van der Waals surface area contributed by atoms with E-state index in [0.717, 1.165) is 29.9 Å². The summed E-state index contributed by atoms with van der Waals surface area (Å²) in [6.45, 7) is 3.06. The van der Waals surface area contributed by atoms with Crippen LogP contribution >= 0.6 is 0 Å². The summed E-state index contributed by atoms with van der Waals surface area (Å²) in [4.78, 5) is 23.4. The standard InChI is InChI=1S/C21H27N5O3S/c1-15(27)25-13-11-17-18(14-25)23-21(24-20(17)22-2)19-10-6-7-12-26(19)30(28,29)16-8-4-3-5-9-16/h3-5,8-9,19H,6-7,10-14H2,1-2H3,(H,22,23,24)/t19-/m1/s1. The van der Waals surface area contributed by atoms with Gasteiger partial charge in [0, 0.05) is 32.6 Å². The molecule has 0 aliphatic carbocycles. The van der Waals surface area contributed by atoms with Crippen LogP contribution in [0.2, 0.25) is 0 Å². The van der Waals surface area contributed by atoms with E-state index in [1.54, 1.807) is 46.5 Å². The summed E-state index contributed by atoms with van der Waals surface area (Å²) in [6.07, 6.45) is 3.08. The summed E-state index contributed by atoms with van der Waals surface area (Å²) in [7, 11) is -1.85. The number of fused-ring (bicyclic) bond motifs is 1. The molecule has 1 aromatic carbocycles. The first-order valence-electron chi connectivity index (χ1n) is 10.3. The molecular formula is C21H27N5O3S. The van der Waals surface area contributed by atoms with Gasteiger partial charge >= 0.3 is 0 Å². The molecule has 1 fully saturated rings. The molecule has 1 atom stereocenters. The van der Waals surface area contributed by atoms with E-state index in [4.69, 9.17) is 9.97 Å². The lowest BCUT2D eigenvalue weighted by atomic mass is 10.0. The van der Waals surface area contributed by atoms with Crippen molar-refractivity contribution in [3.05, 3.63) is 47.4 Å². The van der Waals surface area contributed by atoms with Gasteiger partial charge in [0.05, 0.1) is 23.2 Å². The zero-order chi connectivity index (χ0) is 21.3. The predicted octanol–water partition coefficient (Wildman–Crippen LogP) is 2.34. The van der Waals surface area contributed by atoms with Crippen molar-refractivity contribution in [2.45, 2.75) is 50.1 Å². The van der Waals surface area contributed by atoms with Crippen molar-refractivity contribution in [1.29, 1.82) is 0 Å². The van der Waals surface area contributed by atoms with Crippen LogP contribution < -0.4 is 5.32 Å². The number of anilines is 1. The van der Waals surface area contributed by atoms with Gasteiger partial charge < -0.3 is 10.2 Å². The Hall–Kier alpha value is -2.52. The fourth-order valence-corrected chi connectivity index (χ4v) is 5.93. The summed E-state index contributed by atoms with van der Waals surface area (Å²) in [5.74, 6) is 1.24. The molecule has 0 spiro atoms. The van der Waals surface area contributed by atoms with E-state index in [-0.39, 0.29) is 10.8 Å². The Labute approximate surface area is 177 Å². The van der Waals surface area contributed by atoms with E-state index in [2.05, 4.69) is 5.32 Å². The average Bonchev–Trinajstić information content (AvgIpc) is 2.78. The molecule has 0 bridgehead atoms. The monoisotopic (exact) mass is 429 g/mol. The lowest BCUT2D eigenvalue weighted by Crippen LogP contribution is -2.40. The molecule has 2 aromatic rings. The molecule has 3 heterocycles. The number of hydrogen-bond acceptors (Lipinski definition) is 6. The maximum atomic E-state index is 13.4. The summed E-state index contributed by atoms with van der Waals surface area (Å²) < 4.78 is 28.3. The second-order valence-corrected chi connectivity index (χ2v) is 9.63. The minimum absolute atomic E-state index is 0.0118. The second-order valence-electron chi connectivity index (χ2n) is 7.74. The Bertz CT molecular complexity index is 1040. The molecule has 4 rings (SSSR count). The largest absolute Gasteiger partial charge is 0.373 e. The Kier molecular flexibility index (Phi) is 5.75. The summed E-state index contributed by atoms with van der Waals surface area (Å²) in [5, 5.41) is 3.14. The number of nitrogens with zero attached hydrogens (tertiary/aromatic N) is 4. The molecule has 1 saturated heterocycles. The van der Waals surface area contributed by atoms with Crippen LogP contribution in [0.3, 0.4) is 0 Å². The predicted molar refractivity (Wildman–Crippen MR) is 113 cm³/mol. The van der Waals surface area contributed by atoms with Crippen LogP contribution in [0.25, 0.3) is 0 Å². The number of sulfonamides is 1. The van der Waals surface area contributed by atoms with Gasteiger partial charge in [-0.3, -0.25) is 4.79 Å². The highest BCUT2D eigenvalue weighted by Crippen LogP contribution is 2.35. The Morgan fingerprint density at radius 2 is 1.90 bits per heavy atom. The molecular weight excluding hydrogens is 402 g/mol. The normalized spacial score (nSPS) is 19.9. The van der Waals surface area contributed by atoms with Gasteiger partial charge in [-0.1, -0.05) is 24.6 Å². The smallest absolute Gasteiger partial charge is 0.243 e. The minimum atomic E-state index is -3.66. The van der Waals surface area contributed by atoms with Gasteiger partial charge in [-0.05, 0) is 31.4 Å². The molecule has 1 N–H and O–H groups in total. The fraction of sp³-hybridized carbons (Fsp3) is 0.476. The minimum Gasteiger partial charge on any atom is -0.373 e. The van der Waals surface area contributed by atoms with Crippen molar-refractivity contribution in [2.75, 3.05) is 25.5 Å². The van der Waals surface area contributed by atoms with Crippen molar-refractivity contribution in [2.24, 2.45) is 0 Å². The Morgan fingerprint density at radius 1 is 1.13 bits per heavy atom. The highest BCUT2D eigenvalue weighted by molar-refractivity contribution is 7.89. The van der Waals surface area contributed by atoms with E-state index in [1.165, 1.54) is 0 Å². The number of rotatable bonds is 4. The van der Waals surface area contributed by atoms with Crippen LogP contribution in [0.5, 0.6) is 0 Å². The molecule has 1 amide bonds. The van der Waals surface area contributed by atoms with Crippen molar-refractivity contribution in [3.63, 3.8) is 0 Å². The van der Waals surface area contributed by atoms with E-state index < -0.39 is 16.1 Å². The molecule has 0 unspecified atom stereocenters. The number of nitrogens with one attached hydrogen (secondary N) is 1. The highest BCUT2D eigenvalue weighted by Gasteiger charge is 2.37. The maximum Gasteiger partial charge on any atom is 0.243 e. The molecule has 1 aromatic heterocycles. The van der Waals surface area contributed by atoms with Crippen molar-refractivity contribution in [3.8, 4) is 0 Å². The SMILES string of the molecule is CNc1nc([C@H]2CCCCN2S(=O)(=O)c2ccccc2)nc2c1CCN(C(C)=O)C2. The van der Waals surface area contributed by atoms with Gasteiger partial charge in [0.15, 0.2) is 0 Å². The number of hydrogen-bond donors (Lipinski definition) is 1. The van der Waals surface area contributed by atoms with Crippen LogP contribution in [-0.2, 0) is 27.8 Å². The average molecular weight is 430 g/mol.